The average Bonchev–Trinajstić information content (AvgIpc) is 2.67. The molecule has 0 unspecified atom stereocenters. The van der Waals surface area contributed by atoms with Gasteiger partial charge in [0.2, 0.25) is 0 Å². The van der Waals surface area contributed by atoms with Crippen LogP contribution in [-0.2, 0) is 6.54 Å². The molecular formula is C20H20N4O. The van der Waals surface area contributed by atoms with Gasteiger partial charge in [-0.25, -0.2) is 9.97 Å². The molecule has 1 N–H and O–H groups in total. The average molecular weight is 332 g/mol. The molecule has 0 saturated heterocycles. The molecule has 1 aromatic heterocycles. The molecule has 126 valence electrons. The van der Waals surface area contributed by atoms with Gasteiger partial charge in [0.1, 0.15) is 5.69 Å². The highest BCUT2D eigenvalue weighted by atomic mass is 16.1. The molecule has 0 aliphatic heterocycles. The van der Waals surface area contributed by atoms with Crippen LogP contribution in [0.2, 0.25) is 0 Å². The van der Waals surface area contributed by atoms with Crippen LogP contribution in [0, 0.1) is 6.92 Å². The van der Waals surface area contributed by atoms with E-state index in [0.29, 0.717) is 18.1 Å². The Kier molecular flexibility index (Phi) is 5.04. The molecule has 5 nitrogen and oxygen atoms in total. The smallest absolute Gasteiger partial charge is 0.271 e. The third-order valence-corrected chi connectivity index (χ3v) is 4.06. The molecule has 0 aliphatic carbocycles. The van der Waals surface area contributed by atoms with Gasteiger partial charge in [-0.3, -0.25) is 4.79 Å². The Morgan fingerprint density at radius 3 is 2.40 bits per heavy atom. The molecule has 0 spiro atoms. The fraction of sp³-hybridized carbons (Fsp3) is 0.150. The predicted molar refractivity (Wildman–Crippen MR) is 98.9 cm³/mol. The Morgan fingerprint density at radius 2 is 1.72 bits per heavy atom. The molecule has 5 heteroatoms. The molecule has 3 aromatic rings. The normalized spacial score (nSPS) is 10.3. The number of carbonyl (C=O) groups excluding carboxylic acids is 1. The van der Waals surface area contributed by atoms with Crippen molar-refractivity contribution >= 4 is 17.4 Å². The first-order valence-corrected chi connectivity index (χ1v) is 8.08. The van der Waals surface area contributed by atoms with Crippen LogP contribution in [0.25, 0.3) is 0 Å². The van der Waals surface area contributed by atoms with Crippen LogP contribution in [-0.4, -0.2) is 22.9 Å². The topological polar surface area (TPSA) is 58.1 Å². The maximum absolute atomic E-state index is 12.3. The van der Waals surface area contributed by atoms with Gasteiger partial charge in [-0.05, 0) is 30.2 Å². The fourth-order valence-corrected chi connectivity index (χ4v) is 2.47. The van der Waals surface area contributed by atoms with Crippen molar-refractivity contribution in [1.29, 1.82) is 0 Å². The molecule has 0 fully saturated rings. The number of nitrogens with one attached hydrogen (secondary N) is 1. The van der Waals surface area contributed by atoms with Crippen LogP contribution in [0.5, 0.6) is 0 Å². The monoisotopic (exact) mass is 332 g/mol. The van der Waals surface area contributed by atoms with Crippen LogP contribution >= 0.6 is 0 Å². The summed E-state index contributed by atoms with van der Waals surface area (Å²) >= 11 is 0. The SMILES string of the molecule is Cc1ccccc1CNC(=O)c1cnc(N(C)c2ccccc2)cn1. The van der Waals surface area contributed by atoms with E-state index in [4.69, 9.17) is 0 Å². The highest BCUT2D eigenvalue weighted by molar-refractivity contribution is 5.92. The van der Waals surface area contributed by atoms with E-state index in [-0.39, 0.29) is 5.91 Å². The van der Waals surface area contributed by atoms with Crippen molar-refractivity contribution in [3.05, 3.63) is 83.8 Å². The molecule has 25 heavy (non-hydrogen) atoms. The van der Waals surface area contributed by atoms with Crippen LogP contribution in [0.4, 0.5) is 11.5 Å². The Balaban J connectivity index is 1.65. The summed E-state index contributed by atoms with van der Waals surface area (Å²) in [6, 6.07) is 17.8. The minimum absolute atomic E-state index is 0.232. The number of carbonyl (C=O) groups is 1. The summed E-state index contributed by atoms with van der Waals surface area (Å²) in [6.07, 6.45) is 3.11. The first-order chi connectivity index (χ1) is 12.1. The van der Waals surface area contributed by atoms with E-state index in [1.54, 1.807) is 6.20 Å². The predicted octanol–water partition coefficient (Wildman–Crippen LogP) is 3.48. The zero-order valence-corrected chi connectivity index (χ0v) is 14.3. The highest BCUT2D eigenvalue weighted by Crippen LogP contribution is 2.19. The number of rotatable bonds is 5. The quantitative estimate of drug-likeness (QED) is 0.777. The summed E-state index contributed by atoms with van der Waals surface area (Å²) in [5.41, 5.74) is 3.55. The zero-order valence-electron chi connectivity index (χ0n) is 14.3. The van der Waals surface area contributed by atoms with E-state index in [2.05, 4.69) is 15.3 Å². The molecule has 0 bridgehead atoms. The molecule has 0 saturated carbocycles. The Morgan fingerprint density at radius 1 is 1.00 bits per heavy atom. The van der Waals surface area contributed by atoms with Crippen molar-refractivity contribution in [2.45, 2.75) is 13.5 Å². The first kappa shape index (κ1) is 16.6. The summed E-state index contributed by atoms with van der Waals surface area (Å²) in [7, 11) is 1.91. The number of para-hydroxylation sites is 1. The minimum Gasteiger partial charge on any atom is -0.347 e. The van der Waals surface area contributed by atoms with E-state index in [9.17, 15) is 4.79 Å². The maximum Gasteiger partial charge on any atom is 0.271 e. The second kappa shape index (κ2) is 7.57. The third kappa shape index (κ3) is 4.01. The standard InChI is InChI=1S/C20H20N4O/c1-15-8-6-7-9-16(15)12-23-20(25)18-13-22-19(14-21-18)24(2)17-10-4-3-5-11-17/h3-11,13-14H,12H2,1-2H3,(H,23,25). The fourth-order valence-electron chi connectivity index (χ4n) is 2.47. The number of hydrogen-bond donors (Lipinski definition) is 1. The van der Waals surface area contributed by atoms with Gasteiger partial charge in [0, 0.05) is 19.3 Å². The Bertz CT molecular complexity index is 847. The van der Waals surface area contributed by atoms with Gasteiger partial charge in [-0.2, -0.15) is 0 Å². The van der Waals surface area contributed by atoms with Crippen molar-refractivity contribution < 1.29 is 4.79 Å². The maximum atomic E-state index is 12.3. The molecule has 3 rings (SSSR count). The molecule has 0 aliphatic rings. The van der Waals surface area contributed by atoms with E-state index in [0.717, 1.165) is 16.8 Å². The van der Waals surface area contributed by atoms with Crippen LogP contribution in [0.3, 0.4) is 0 Å². The summed E-state index contributed by atoms with van der Waals surface area (Å²) in [5.74, 6) is 0.450. The molecule has 2 aromatic carbocycles. The van der Waals surface area contributed by atoms with Crippen LogP contribution in [0.1, 0.15) is 21.6 Å². The minimum atomic E-state index is -0.232. The molecule has 0 radical (unpaired) electrons. The largest absolute Gasteiger partial charge is 0.347 e. The highest BCUT2D eigenvalue weighted by Gasteiger charge is 2.10. The van der Waals surface area contributed by atoms with Gasteiger partial charge in [-0.15, -0.1) is 0 Å². The lowest BCUT2D eigenvalue weighted by Crippen LogP contribution is -2.24. The second-order valence-electron chi connectivity index (χ2n) is 5.76. The lowest BCUT2D eigenvalue weighted by atomic mass is 10.1. The first-order valence-electron chi connectivity index (χ1n) is 8.08. The molecular weight excluding hydrogens is 312 g/mol. The second-order valence-corrected chi connectivity index (χ2v) is 5.76. The zero-order chi connectivity index (χ0) is 17.6. The third-order valence-electron chi connectivity index (χ3n) is 4.06. The Labute approximate surface area is 147 Å². The van der Waals surface area contributed by atoms with Gasteiger partial charge in [0.25, 0.3) is 5.91 Å². The number of amides is 1. The van der Waals surface area contributed by atoms with Gasteiger partial charge >= 0.3 is 0 Å². The van der Waals surface area contributed by atoms with Gasteiger partial charge in [0.15, 0.2) is 5.82 Å². The Hall–Kier alpha value is -3.21. The molecule has 0 atom stereocenters. The number of aryl methyl sites for hydroxylation is 1. The lowest BCUT2D eigenvalue weighted by molar-refractivity contribution is 0.0945. The van der Waals surface area contributed by atoms with Gasteiger partial charge < -0.3 is 10.2 Å². The summed E-state index contributed by atoms with van der Waals surface area (Å²) < 4.78 is 0. The van der Waals surface area contributed by atoms with E-state index in [1.165, 1.54) is 6.20 Å². The van der Waals surface area contributed by atoms with Crippen LogP contribution < -0.4 is 10.2 Å². The van der Waals surface area contributed by atoms with Crippen molar-refractivity contribution in [3.8, 4) is 0 Å². The number of nitrogens with zero attached hydrogens (tertiary/aromatic N) is 3. The van der Waals surface area contributed by atoms with Crippen LogP contribution in [0.15, 0.2) is 67.0 Å². The van der Waals surface area contributed by atoms with Crippen molar-refractivity contribution in [2.24, 2.45) is 0 Å². The number of aromatic nitrogens is 2. The van der Waals surface area contributed by atoms with Gasteiger partial charge in [-0.1, -0.05) is 42.5 Å². The lowest BCUT2D eigenvalue weighted by Gasteiger charge is -2.17. The number of anilines is 2. The molecule has 1 amide bonds. The number of benzene rings is 2. The van der Waals surface area contributed by atoms with Crippen molar-refractivity contribution in [3.63, 3.8) is 0 Å². The van der Waals surface area contributed by atoms with Crippen molar-refractivity contribution in [2.75, 3.05) is 11.9 Å². The van der Waals surface area contributed by atoms with Crippen molar-refractivity contribution in [1.82, 2.24) is 15.3 Å². The van der Waals surface area contributed by atoms with E-state index >= 15 is 0 Å². The number of hydrogen-bond acceptors (Lipinski definition) is 4. The van der Waals surface area contributed by atoms with E-state index in [1.807, 2.05) is 73.5 Å². The summed E-state index contributed by atoms with van der Waals surface area (Å²) in [6.45, 7) is 2.49. The van der Waals surface area contributed by atoms with Gasteiger partial charge in [0.05, 0.1) is 12.4 Å². The molecule has 1 heterocycles. The summed E-state index contributed by atoms with van der Waals surface area (Å²) in [4.78, 5) is 22.8. The summed E-state index contributed by atoms with van der Waals surface area (Å²) in [5, 5.41) is 2.88. The van der Waals surface area contributed by atoms with E-state index < -0.39 is 0 Å².